The zero-order valence-corrected chi connectivity index (χ0v) is 28.6. The van der Waals surface area contributed by atoms with Crippen molar-refractivity contribution in [2.24, 2.45) is 0 Å². The van der Waals surface area contributed by atoms with Gasteiger partial charge in [0.05, 0.1) is 50.8 Å². The van der Waals surface area contributed by atoms with Gasteiger partial charge in [-0.3, -0.25) is 4.98 Å². The second-order valence-electron chi connectivity index (χ2n) is 12.2. The van der Waals surface area contributed by atoms with E-state index < -0.39 is 49.2 Å². The van der Waals surface area contributed by atoms with Crippen molar-refractivity contribution in [2.45, 2.75) is 73.2 Å². The molecule has 5 rings (SSSR count). The fourth-order valence-electron chi connectivity index (χ4n) is 5.31. The van der Waals surface area contributed by atoms with E-state index in [1.165, 1.54) is 0 Å². The minimum absolute atomic E-state index is 0.161. The predicted molar refractivity (Wildman–Crippen MR) is 185 cm³/mol. The van der Waals surface area contributed by atoms with Crippen LogP contribution in [-0.2, 0) is 21.7 Å². The van der Waals surface area contributed by atoms with E-state index in [2.05, 4.69) is 21.7 Å². The summed E-state index contributed by atoms with van der Waals surface area (Å²) in [5, 5.41) is 53.2. The van der Waals surface area contributed by atoms with Crippen molar-refractivity contribution in [3.8, 4) is 16.9 Å². The number of thioether (sulfide) groups is 1. The Morgan fingerprint density at radius 2 is 1.82 bits per heavy atom. The van der Waals surface area contributed by atoms with Crippen LogP contribution in [0.25, 0.3) is 11.1 Å². The fraction of sp³-hybridized carbons (Fsp3) is 0.486. The molecule has 0 bridgehead atoms. The molecule has 2 fully saturated rings. The number of carbonyl (C=O) groups is 1. The summed E-state index contributed by atoms with van der Waals surface area (Å²) in [5.41, 5.74) is 3.61. The quantitative estimate of drug-likeness (QED) is 0.0674. The van der Waals surface area contributed by atoms with Gasteiger partial charge in [-0.05, 0) is 67.1 Å². The maximum absolute atomic E-state index is 12.1. The first-order chi connectivity index (χ1) is 23.7. The monoisotopic (exact) mass is 717 g/mol. The largest absolute Gasteiger partial charge is 0.490 e. The molecule has 1 aromatic heterocycles. The summed E-state index contributed by atoms with van der Waals surface area (Å²) in [4.78, 5) is 17.6. The third-order valence-electron chi connectivity index (χ3n) is 8.42. The average Bonchev–Trinajstić information content (AvgIpc) is 4.07. The Kier molecular flexibility index (Phi) is 13.5. The molecule has 0 radical (unpaired) electrons. The van der Waals surface area contributed by atoms with Crippen LogP contribution in [0.1, 0.15) is 36.8 Å². The van der Waals surface area contributed by atoms with Gasteiger partial charge in [0.25, 0.3) is 0 Å². The van der Waals surface area contributed by atoms with Crippen molar-refractivity contribution in [2.75, 3.05) is 38.7 Å². The van der Waals surface area contributed by atoms with Crippen LogP contribution in [0.2, 0.25) is 5.02 Å². The van der Waals surface area contributed by atoms with E-state index in [1.54, 1.807) is 18.0 Å². The van der Waals surface area contributed by atoms with Gasteiger partial charge in [0.1, 0.15) is 24.1 Å². The molecule has 4 atom stereocenters. The van der Waals surface area contributed by atoms with Crippen LogP contribution in [0.4, 0.5) is 4.79 Å². The van der Waals surface area contributed by atoms with Gasteiger partial charge in [0.15, 0.2) is 0 Å². The van der Waals surface area contributed by atoms with Gasteiger partial charge in [-0.2, -0.15) is 0 Å². The molecule has 0 saturated heterocycles. The van der Waals surface area contributed by atoms with Gasteiger partial charge in [-0.1, -0.05) is 29.8 Å². The highest BCUT2D eigenvalue weighted by molar-refractivity contribution is 7.99. The molecule has 2 saturated carbocycles. The normalized spacial score (nSPS) is 17.5. The number of para-hydroxylation sites is 1. The maximum Gasteiger partial charge on any atom is 0.315 e. The molecule has 2 amide bonds. The van der Waals surface area contributed by atoms with Gasteiger partial charge in [-0.15, -0.1) is 11.8 Å². The van der Waals surface area contributed by atoms with Crippen molar-refractivity contribution in [3.05, 3.63) is 77.1 Å². The summed E-state index contributed by atoms with van der Waals surface area (Å²) in [7, 11) is 0. The van der Waals surface area contributed by atoms with Gasteiger partial charge in [0, 0.05) is 45.7 Å². The van der Waals surface area contributed by atoms with E-state index in [1.807, 2.05) is 48.7 Å². The molecule has 0 spiro atoms. The van der Waals surface area contributed by atoms with Crippen LogP contribution >= 0.6 is 23.4 Å². The number of pyridine rings is 1. The van der Waals surface area contributed by atoms with Crippen molar-refractivity contribution in [1.82, 2.24) is 15.6 Å². The summed E-state index contributed by atoms with van der Waals surface area (Å²) >= 11 is 8.19. The van der Waals surface area contributed by atoms with Gasteiger partial charge in [0.2, 0.25) is 0 Å². The number of nitrogens with zero attached hydrogens (tertiary/aromatic N) is 1. The Bertz CT molecular complexity index is 1530. The molecule has 14 heteroatoms. The van der Waals surface area contributed by atoms with Crippen molar-refractivity contribution in [3.63, 3.8) is 0 Å². The van der Waals surface area contributed by atoms with Gasteiger partial charge >= 0.3 is 6.03 Å². The molecule has 12 nitrogen and oxygen atoms in total. The molecule has 3 aromatic rings. The summed E-state index contributed by atoms with van der Waals surface area (Å²) in [6.07, 6.45) is 2.90. The van der Waals surface area contributed by atoms with E-state index in [4.69, 9.17) is 30.9 Å². The number of aromatic nitrogens is 1. The number of aliphatic hydroxyl groups is 5. The molecule has 7 N–H and O–H groups in total. The smallest absolute Gasteiger partial charge is 0.315 e. The number of hydrogen-bond acceptors (Lipinski definition) is 11. The first-order valence-corrected chi connectivity index (χ1v) is 17.7. The number of amides is 2. The fourth-order valence-corrected chi connectivity index (χ4v) is 6.31. The third-order valence-corrected chi connectivity index (χ3v) is 9.74. The first kappa shape index (κ1) is 37.3. The van der Waals surface area contributed by atoms with Crippen LogP contribution in [0.3, 0.4) is 0 Å². The standard InChI is InChI=1S/C35H44ClN3O9S/c36-28-8-7-24(49-16-15-46-14-13-38-34(45)39-29(19-40)32(43)33(44)30(42)20-41)17-22(28)21-47-35(10-11-35)27-18-37-12-9-25(27)26-3-1-2-4-31(26)48-23-5-6-23/h1-4,7-9,12,17-18,23,29-30,32-33,40-44H,5-6,10-11,13-16,19-21H2,(H2,38,39,45). The SMILES string of the molecule is O=C(NCCOCCSc1ccc(Cl)c(COC2(c3cnccc3-c3ccccc3OC3CC3)CC2)c1)NC(CO)C(O)C(O)C(O)CO. The van der Waals surface area contributed by atoms with E-state index in [0.717, 1.165) is 58.6 Å². The van der Waals surface area contributed by atoms with E-state index in [9.17, 15) is 25.2 Å². The number of nitrogens with one attached hydrogen (secondary N) is 2. The van der Waals surface area contributed by atoms with Crippen molar-refractivity contribution < 1.29 is 44.5 Å². The molecule has 266 valence electrons. The molecule has 2 aromatic carbocycles. The number of urea groups is 1. The number of rotatable bonds is 20. The number of benzene rings is 2. The summed E-state index contributed by atoms with van der Waals surface area (Å²) in [6.45, 7) is -0.317. The van der Waals surface area contributed by atoms with Crippen LogP contribution < -0.4 is 15.4 Å². The Hall–Kier alpha value is -2.98. The molecule has 2 aliphatic rings. The highest BCUT2D eigenvalue weighted by atomic mass is 35.5. The Labute approximate surface area is 294 Å². The zero-order chi connectivity index (χ0) is 34.8. The lowest BCUT2D eigenvalue weighted by molar-refractivity contribution is -0.0902. The lowest BCUT2D eigenvalue weighted by Crippen LogP contribution is -2.56. The van der Waals surface area contributed by atoms with Crippen LogP contribution in [0.5, 0.6) is 5.75 Å². The minimum atomic E-state index is -1.75. The Morgan fingerprint density at radius 3 is 2.55 bits per heavy atom. The van der Waals surface area contributed by atoms with Crippen LogP contribution in [0, 0.1) is 0 Å². The van der Waals surface area contributed by atoms with E-state index in [-0.39, 0.29) is 13.2 Å². The number of aliphatic hydroxyl groups excluding tert-OH is 5. The third kappa shape index (κ3) is 10.3. The lowest BCUT2D eigenvalue weighted by atomic mass is 9.96. The van der Waals surface area contributed by atoms with Gasteiger partial charge < -0.3 is 50.4 Å². The number of hydrogen-bond donors (Lipinski definition) is 7. The molecule has 49 heavy (non-hydrogen) atoms. The molecule has 2 aliphatic carbocycles. The van der Waals surface area contributed by atoms with Gasteiger partial charge in [-0.25, -0.2) is 4.79 Å². The average molecular weight is 718 g/mol. The highest BCUT2D eigenvalue weighted by Gasteiger charge is 2.48. The van der Waals surface area contributed by atoms with Crippen molar-refractivity contribution >= 4 is 29.4 Å². The number of carbonyl (C=O) groups excluding carboxylic acids is 1. The zero-order valence-electron chi connectivity index (χ0n) is 27.0. The minimum Gasteiger partial charge on any atom is -0.490 e. The summed E-state index contributed by atoms with van der Waals surface area (Å²) < 4.78 is 18.5. The molecule has 0 aliphatic heterocycles. The maximum atomic E-state index is 12.1. The predicted octanol–water partition coefficient (Wildman–Crippen LogP) is 2.99. The molecule has 4 unspecified atom stereocenters. The highest BCUT2D eigenvalue weighted by Crippen LogP contribution is 2.53. The summed E-state index contributed by atoms with van der Waals surface area (Å²) in [5.74, 6) is 1.54. The first-order valence-electron chi connectivity index (χ1n) is 16.4. The topological polar surface area (TPSA) is 183 Å². The Balaban J connectivity index is 1.06. The lowest BCUT2D eigenvalue weighted by Gasteiger charge is -2.28. The second-order valence-corrected chi connectivity index (χ2v) is 13.7. The summed E-state index contributed by atoms with van der Waals surface area (Å²) in [6, 6.07) is 14.1. The van der Waals surface area contributed by atoms with Crippen molar-refractivity contribution in [1.29, 1.82) is 0 Å². The molecular formula is C35H44ClN3O9S. The van der Waals surface area contributed by atoms with E-state index in [0.29, 0.717) is 30.1 Å². The molecule has 1 heterocycles. The van der Waals surface area contributed by atoms with Crippen LogP contribution in [0.15, 0.2) is 65.8 Å². The van der Waals surface area contributed by atoms with Crippen LogP contribution in [-0.4, -0.2) is 106 Å². The number of halogens is 1. The Morgan fingerprint density at radius 1 is 1.02 bits per heavy atom. The van der Waals surface area contributed by atoms with E-state index >= 15 is 0 Å². The second kappa shape index (κ2) is 17.8. The molecular weight excluding hydrogens is 674 g/mol. The number of ether oxygens (including phenoxy) is 3.